The largest absolute Gasteiger partial charge is 0.444 e. The topological polar surface area (TPSA) is 62.4 Å². The van der Waals surface area contributed by atoms with E-state index < -0.39 is 5.60 Å². The highest BCUT2D eigenvalue weighted by Gasteiger charge is 2.15. The van der Waals surface area contributed by atoms with E-state index in [4.69, 9.17) is 4.74 Å². The molecule has 2 rings (SSSR count). The van der Waals surface area contributed by atoms with Gasteiger partial charge in [0, 0.05) is 25.7 Å². The summed E-state index contributed by atoms with van der Waals surface area (Å²) in [4.78, 5) is 11.6. The van der Waals surface area contributed by atoms with Gasteiger partial charge in [0.2, 0.25) is 0 Å². The van der Waals surface area contributed by atoms with Crippen molar-refractivity contribution in [2.24, 2.45) is 0 Å². The van der Waals surface area contributed by atoms with Crippen molar-refractivity contribution < 1.29 is 9.53 Å². The number of rotatable bonds is 6. The van der Waals surface area contributed by atoms with Crippen LogP contribution in [0.15, 0.2) is 24.3 Å². The number of carbonyl (C=O) groups is 1. The Morgan fingerprint density at radius 1 is 1.22 bits per heavy atom. The first-order chi connectivity index (χ1) is 10.9. The normalized spacial score (nSPS) is 18.0. The summed E-state index contributed by atoms with van der Waals surface area (Å²) in [6.07, 6.45) is 2.17. The quantitative estimate of drug-likeness (QED) is 0.754. The van der Waals surface area contributed by atoms with Gasteiger partial charge >= 0.3 is 6.09 Å². The first kappa shape index (κ1) is 17.8. The van der Waals surface area contributed by atoms with E-state index in [1.807, 2.05) is 32.9 Å². The molecule has 1 aliphatic heterocycles. The summed E-state index contributed by atoms with van der Waals surface area (Å²) in [7, 11) is 0. The van der Waals surface area contributed by atoms with Crippen molar-refractivity contribution in [3.8, 4) is 0 Å². The van der Waals surface area contributed by atoms with Gasteiger partial charge in [-0.15, -0.1) is 0 Å². The lowest BCUT2D eigenvalue weighted by molar-refractivity contribution is 0.0523. The standard InChI is InChI=1S/C18H29N3O2/c1-18(2,3)23-17(22)21-12-15-8-6-14(7-9-15)11-19-13-16-5-4-10-20-16/h6-9,16,19-20H,4-5,10-13H2,1-3H3,(H,21,22). The summed E-state index contributed by atoms with van der Waals surface area (Å²) < 4.78 is 5.22. The fraction of sp³-hybridized carbons (Fsp3) is 0.611. The van der Waals surface area contributed by atoms with Crippen molar-refractivity contribution in [1.82, 2.24) is 16.0 Å². The van der Waals surface area contributed by atoms with Gasteiger partial charge in [-0.2, -0.15) is 0 Å². The first-order valence-electron chi connectivity index (χ1n) is 8.41. The SMILES string of the molecule is CC(C)(C)OC(=O)NCc1ccc(CNCC2CCCN2)cc1. The number of amides is 1. The van der Waals surface area contributed by atoms with Crippen LogP contribution in [0.2, 0.25) is 0 Å². The predicted octanol–water partition coefficient (Wildman–Crippen LogP) is 2.55. The third-order valence-corrected chi connectivity index (χ3v) is 3.74. The first-order valence-corrected chi connectivity index (χ1v) is 8.41. The van der Waals surface area contributed by atoms with Gasteiger partial charge in [-0.1, -0.05) is 24.3 Å². The molecule has 1 heterocycles. The van der Waals surface area contributed by atoms with Crippen LogP contribution in [0.25, 0.3) is 0 Å². The van der Waals surface area contributed by atoms with Crippen molar-refractivity contribution in [2.75, 3.05) is 13.1 Å². The second-order valence-corrected chi connectivity index (χ2v) is 7.10. The molecule has 1 fully saturated rings. The van der Waals surface area contributed by atoms with Crippen LogP contribution in [0.4, 0.5) is 4.79 Å². The minimum Gasteiger partial charge on any atom is -0.444 e. The smallest absolute Gasteiger partial charge is 0.407 e. The average molecular weight is 319 g/mol. The zero-order valence-electron chi connectivity index (χ0n) is 14.4. The molecule has 0 bridgehead atoms. The molecule has 23 heavy (non-hydrogen) atoms. The summed E-state index contributed by atoms with van der Waals surface area (Å²) in [6.45, 7) is 9.08. The van der Waals surface area contributed by atoms with Crippen LogP contribution < -0.4 is 16.0 Å². The average Bonchev–Trinajstić information content (AvgIpc) is 2.98. The lowest BCUT2D eigenvalue weighted by Crippen LogP contribution is -2.33. The van der Waals surface area contributed by atoms with Crippen molar-refractivity contribution in [3.63, 3.8) is 0 Å². The van der Waals surface area contributed by atoms with Gasteiger partial charge < -0.3 is 20.7 Å². The van der Waals surface area contributed by atoms with E-state index in [1.165, 1.54) is 18.4 Å². The van der Waals surface area contributed by atoms with Gasteiger partial charge in [-0.25, -0.2) is 4.79 Å². The Kier molecular flexibility index (Phi) is 6.42. The Morgan fingerprint density at radius 2 is 1.87 bits per heavy atom. The molecule has 1 aromatic rings. The van der Waals surface area contributed by atoms with Crippen molar-refractivity contribution in [2.45, 2.75) is 58.3 Å². The van der Waals surface area contributed by atoms with Crippen LogP contribution in [0.1, 0.15) is 44.7 Å². The second-order valence-electron chi connectivity index (χ2n) is 7.10. The summed E-state index contributed by atoms with van der Waals surface area (Å²) in [5.41, 5.74) is 1.86. The lowest BCUT2D eigenvalue weighted by atomic mass is 10.1. The monoisotopic (exact) mass is 319 g/mol. The number of hydrogen-bond acceptors (Lipinski definition) is 4. The van der Waals surface area contributed by atoms with Crippen molar-refractivity contribution in [3.05, 3.63) is 35.4 Å². The van der Waals surface area contributed by atoms with E-state index in [2.05, 4.69) is 28.1 Å². The summed E-state index contributed by atoms with van der Waals surface area (Å²) in [5, 5.41) is 9.74. The number of carbonyl (C=O) groups excluding carboxylic acids is 1. The molecular weight excluding hydrogens is 290 g/mol. The number of ether oxygens (including phenoxy) is 1. The molecule has 1 aliphatic rings. The van der Waals surface area contributed by atoms with E-state index in [0.717, 1.165) is 25.2 Å². The molecule has 1 unspecified atom stereocenters. The Morgan fingerprint density at radius 3 is 2.43 bits per heavy atom. The fourth-order valence-corrected chi connectivity index (χ4v) is 2.59. The maximum Gasteiger partial charge on any atom is 0.407 e. The van der Waals surface area contributed by atoms with Crippen LogP contribution >= 0.6 is 0 Å². The van der Waals surface area contributed by atoms with Crippen LogP contribution in [0, 0.1) is 0 Å². The maximum absolute atomic E-state index is 11.6. The molecular formula is C18H29N3O2. The number of hydrogen-bond donors (Lipinski definition) is 3. The van der Waals surface area contributed by atoms with Gasteiger partial charge in [0.1, 0.15) is 5.60 Å². The van der Waals surface area contributed by atoms with Gasteiger partial charge in [-0.05, 0) is 51.3 Å². The number of nitrogens with one attached hydrogen (secondary N) is 3. The molecule has 3 N–H and O–H groups in total. The van der Waals surface area contributed by atoms with E-state index in [-0.39, 0.29) is 6.09 Å². The highest BCUT2D eigenvalue weighted by Crippen LogP contribution is 2.08. The Bertz CT molecular complexity index is 488. The van der Waals surface area contributed by atoms with Gasteiger partial charge in [-0.3, -0.25) is 0 Å². The Labute approximate surface area is 139 Å². The fourth-order valence-electron chi connectivity index (χ4n) is 2.59. The van der Waals surface area contributed by atoms with E-state index >= 15 is 0 Å². The Hall–Kier alpha value is -1.59. The molecule has 1 aromatic carbocycles. The second kappa shape index (κ2) is 8.31. The molecule has 1 amide bonds. The minimum atomic E-state index is -0.464. The predicted molar refractivity (Wildman–Crippen MR) is 92.2 cm³/mol. The third kappa shape index (κ3) is 7.01. The maximum atomic E-state index is 11.6. The van der Waals surface area contributed by atoms with E-state index in [9.17, 15) is 4.79 Å². The summed E-state index contributed by atoms with van der Waals surface area (Å²) >= 11 is 0. The zero-order chi connectivity index (χ0) is 16.7. The molecule has 1 saturated heterocycles. The number of benzene rings is 1. The molecule has 0 saturated carbocycles. The van der Waals surface area contributed by atoms with Gasteiger partial charge in [0.15, 0.2) is 0 Å². The summed E-state index contributed by atoms with van der Waals surface area (Å²) in [6, 6.07) is 8.90. The highest BCUT2D eigenvalue weighted by molar-refractivity contribution is 5.67. The van der Waals surface area contributed by atoms with Crippen LogP contribution in [0.3, 0.4) is 0 Å². The highest BCUT2D eigenvalue weighted by atomic mass is 16.6. The van der Waals surface area contributed by atoms with Crippen molar-refractivity contribution in [1.29, 1.82) is 0 Å². The lowest BCUT2D eigenvalue weighted by Gasteiger charge is -2.19. The minimum absolute atomic E-state index is 0.382. The van der Waals surface area contributed by atoms with E-state index in [0.29, 0.717) is 12.6 Å². The molecule has 0 spiro atoms. The van der Waals surface area contributed by atoms with Crippen molar-refractivity contribution >= 4 is 6.09 Å². The summed E-state index contributed by atoms with van der Waals surface area (Å²) in [5.74, 6) is 0. The van der Waals surface area contributed by atoms with Crippen LogP contribution in [-0.4, -0.2) is 30.8 Å². The number of alkyl carbamates (subject to hydrolysis) is 1. The molecule has 5 heteroatoms. The van der Waals surface area contributed by atoms with Crippen LogP contribution in [0.5, 0.6) is 0 Å². The van der Waals surface area contributed by atoms with Crippen LogP contribution in [-0.2, 0) is 17.8 Å². The molecule has 5 nitrogen and oxygen atoms in total. The van der Waals surface area contributed by atoms with E-state index in [1.54, 1.807) is 0 Å². The molecule has 1 atom stereocenters. The van der Waals surface area contributed by atoms with Gasteiger partial charge in [0.25, 0.3) is 0 Å². The van der Waals surface area contributed by atoms with Gasteiger partial charge in [0.05, 0.1) is 0 Å². The third-order valence-electron chi connectivity index (χ3n) is 3.74. The molecule has 0 radical (unpaired) electrons. The molecule has 128 valence electrons. The molecule has 0 aromatic heterocycles. The molecule has 0 aliphatic carbocycles. The zero-order valence-corrected chi connectivity index (χ0v) is 14.4. The Balaban J connectivity index is 1.68.